The normalized spacial score (nSPS) is 14.1. The molecule has 0 atom stereocenters. The maximum atomic E-state index is 11.6. The van der Waals surface area contributed by atoms with Crippen LogP contribution in [-0.4, -0.2) is 30.2 Å². The molecule has 1 fully saturated rings. The summed E-state index contributed by atoms with van der Waals surface area (Å²) in [5.41, 5.74) is 3.86. The quantitative estimate of drug-likeness (QED) is 0.454. The summed E-state index contributed by atoms with van der Waals surface area (Å²) < 4.78 is 5.13. The van der Waals surface area contributed by atoms with Gasteiger partial charge < -0.3 is 20.1 Å². The summed E-state index contributed by atoms with van der Waals surface area (Å²) in [6, 6.07) is 17.5. The molecular formula is C26H29N3O3. The van der Waals surface area contributed by atoms with E-state index in [0.29, 0.717) is 23.0 Å². The molecule has 0 saturated heterocycles. The number of ether oxygens (including phenoxy) is 1. The summed E-state index contributed by atoms with van der Waals surface area (Å²) in [6.07, 6.45) is 8.33. The fourth-order valence-electron chi connectivity index (χ4n) is 4.29. The average Bonchev–Trinajstić information content (AvgIpc) is 2.85. The molecule has 0 radical (unpaired) electrons. The van der Waals surface area contributed by atoms with Crippen molar-refractivity contribution in [3.8, 4) is 5.75 Å². The Hall–Kier alpha value is -3.54. The van der Waals surface area contributed by atoms with Gasteiger partial charge in [0.05, 0.1) is 30.2 Å². The van der Waals surface area contributed by atoms with Crippen LogP contribution in [0.5, 0.6) is 5.75 Å². The van der Waals surface area contributed by atoms with Crippen LogP contribution in [0.25, 0.3) is 0 Å². The standard InChI is InChI=1S/C26H29N3O3/c1-29(21-11-8-19(9-12-21)18-6-4-3-5-7-18)25-15-10-20(17-27-25)28-24-14-13-22(32-2)16-23(24)26(30)31/h8-18,28H,3-7H2,1-2H3,(H,30,31). The van der Waals surface area contributed by atoms with Crippen molar-refractivity contribution in [1.29, 1.82) is 0 Å². The zero-order valence-electron chi connectivity index (χ0n) is 18.5. The Morgan fingerprint density at radius 3 is 2.44 bits per heavy atom. The van der Waals surface area contributed by atoms with Crippen molar-refractivity contribution in [2.45, 2.75) is 38.0 Å². The van der Waals surface area contributed by atoms with Crippen molar-refractivity contribution >= 4 is 28.8 Å². The lowest BCUT2D eigenvalue weighted by atomic mass is 9.84. The van der Waals surface area contributed by atoms with Crippen molar-refractivity contribution in [2.24, 2.45) is 0 Å². The van der Waals surface area contributed by atoms with Gasteiger partial charge >= 0.3 is 5.97 Å². The van der Waals surface area contributed by atoms with Crippen molar-refractivity contribution in [3.05, 3.63) is 71.9 Å². The van der Waals surface area contributed by atoms with Gasteiger partial charge in [0.15, 0.2) is 0 Å². The first-order valence-corrected chi connectivity index (χ1v) is 11.0. The van der Waals surface area contributed by atoms with E-state index in [2.05, 4.69) is 34.6 Å². The van der Waals surface area contributed by atoms with Crippen LogP contribution in [0.3, 0.4) is 0 Å². The lowest BCUT2D eigenvalue weighted by Crippen LogP contribution is -2.11. The number of methoxy groups -OCH3 is 1. The second-order valence-electron chi connectivity index (χ2n) is 8.23. The predicted molar refractivity (Wildman–Crippen MR) is 128 cm³/mol. The Morgan fingerprint density at radius 2 is 1.81 bits per heavy atom. The molecular weight excluding hydrogens is 402 g/mol. The Balaban J connectivity index is 1.46. The summed E-state index contributed by atoms with van der Waals surface area (Å²) in [5, 5.41) is 12.6. The van der Waals surface area contributed by atoms with E-state index in [4.69, 9.17) is 4.74 Å². The summed E-state index contributed by atoms with van der Waals surface area (Å²) in [6.45, 7) is 0. The highest BCUT2D eigenvalue weighted by atomic mass is 16.5. The third kappa shape index (κ3) is 4.85. The summed E-state index contributed by atoms with van der Waals surface area (Å²) in [5.74, 6) is 0.985. The average molecular weight is 432 g/mol. The number of hydrogen-bond acceptors (Lipinski definition) is 5. The zero-order chi connectivity index (χ0) is 22.5. The van der Waals surface area contributed by atoms with Gasteiger partial charge in [0.1, 0.15) is 11.6 Å². The van der Waals surface area contributed by atoms with E-state index in [9.17, 15) is 9.90 Å². The molecule has 2 N–H and O–H groups in total. The van der Waals surface area contributed by atoms with E-state index in [-0.39, 0.29) is 5.56 Å². The third-order valence-corrected chi connectivity index (χ3v) is 6.18. The number of carbonyl (C=O) groups is 1. The number of pyridine rings is 1. The van der Waals surface area contributed by atoms with Crippen molar-refractivity contribution in [1.82, 2.24) is 4.98 Å². The number of benzene rings is 2. The molecule has 1 aromatic heterocycles. The topological polar surface area (TPSA) is 74.7 Å². The highest BCUT2D eigenvalue weighted by molar-refractivity contribution is 5.95. The van der Waals surface area contributed by atoms with Gasteiger partial charge in [-0.1, -0.05) is 31.4 Å². The monoisotopic (exact) mass is 431 g/mol. The number of hydrogen-bond donors (Lipinski definition) is 2. The van der Waals surface area contributed by atoms with E-state index in [1.54, 1.807) is 18.3 Å². The van der Waals surface area contributed by atoms with Crippen LogP contribution in [0, 0.1) is 0 Å². The molecule has 0 bridgehead atoms. The van der Waals surface area contributed by atoms with Gasteiger partial charge in [-0.25, -0.2) is 9.78 Å². The molecule has 0 unspecified atom stereocenters. The van der Waals surface area contributed by atoms with Crippen molar-refractivity contribution in [3.63, 3.8) is 0 Å². The molecule has 6 nitrogen and oxygen atoms in total. The molecule has 1 heterocycles. The Labute approximate surface area is 188 Å². The minimum Gasteiger partial charge on any atom is -0.497 e. The minimum absolute atomic E-state index is 0.142. The lowest BCUT2D eigenvalue weighted by molar-refractivity contribution is 0.0697. The SMILES string of the molecule is COc1ccc(Nc2ccc(N(C)c3ccc(C4CCCCC4)cc3)nc2)c(C(=O)O)c1. The number of nitrogens with zero attached hydrogens (tertiary/aromatic N) is 2. The second kappa shape index (κ2) is 9.73. The van der Waals surface area contributed by atoms with E-state index in [0.717, 1.165) is 11.5 Å². The molecule has 3 aromatic rings. The van der Waals surface area contributed by atoms with Crippen LogP contribution in [0.4, 0.5) is 22.9 Å². The van der Waals surface area contributed by atoms with Crippen LogP contribution in [-0.2, 0) is 0 Å². The lowest BCUT2D eigenvalue weighted by Gasteiger charge is -2.23. The fraction of sp³-hybridized carbons (Fsp3) is 0.308. The van der Waals surface area contributed by atoms with Gasteiger partial charge in [-0.2, -0.15) is 0 Å². The van der Waals surface area contributed by atoms with E-state index in [1.807, 2.05) is 24.1 Å². The molecule has 0 aliphatic heterocycles. The van der Waals surface area contributed by atoms with Gasteiger partial charge in [-0.05, 0) is 66.8 Å². The van der Waals surface area contributed by atoms with Gasteiger partial charge in [0, 0.05) is 12.7 Å². The maximum Gasteiger partial charge on any atom is 0.337 e. The molecule has 1 saturated carbocycles. The van der Waals surface area contributed by atoms with Gasteiger partial charge in [-0.3, -0.25) is 0 Å². The van der Waals surface area contributed by atoms with Crippen LogP contribution in [0.15, 0.2) is 60.8 Å². The zero-order valence-corrected chi connectivity index (χ0v) is 18.5. The first-order valence-electron chi connectivity index (χ1n) is 11.0. The Kier molecular flexibility index (Phi) is 6.59. The number of anilines is 4. The third-order valence-electron chi connectivity index (χ3n) is 6.18. The molecule has 1 aliphatic rings. The van der Waals surface area contributed by atoms with Gasteiger partial charge in [-0.15, -0.1) is 0 Å². The van der Waals surface area contributed by atoms with Gasteiger partial charge in [0.2, 0.25) is 0 Å². The first kappa shape index (κ1) is 21.7. The largest absolute Gasteiger partial charge is 0.497 e. The van der Waals surface area contributed by atoms with Crippen LogP contribution in [0.1, 0.15) is 53.9 Å². The van der Waals surface area contributed by atoms with Crippen LogP contribution in [0.2, 0.25) is 0 Å². The number of carboxylic acids is 1. The molecule has 1 aliphatic carbocycles. The number of carboxylic acid groups (broad SMARTS) is 1. The van der Waals surface area contributed by atoms with Crippen LogP contribution < -0.4 is 15.0 Å². The molecule has 4 rings (SSSR count). The van der Waals surface area contributed by atoms with Crippen LogP contribution >= 0.6 is 0 Å². The van der Waals surface area contributed by atoms with Crippen molar-refractivity contribution < 1.29 is 14.6 Å². The number of aromatic nitrogens is 1. The van der Waals surface area contributed by atoms with E-state index in [1.165, 1.54) is 50.8 Å². The number of nitrogens with one attached hydrogen (secondary N) is 1. The molecule has 0 spiro atoms. The number of rotatable bonds is 7. The molecule has 6 heteroatoms. The maximum absolute atomic E-state index is 11.6. The molecule has 32 heavy (non-hydrogen) atoms. The summed E-state index contributed by atoms with van der Waals surface area (Å²) in [7, 11) is 3.51. The first-order chi connectivity index (χ1) is 15.5. The fourth-order valence-corrected chi connectivity index (χ4v) is 4.29. The Bertz CT molecular complexity index is 1060. The predicted octanol–water partition coefficient (Wildman–Crippen LogP) is 6.35. The highest BCUT2D eigenvalue weighted by Gasteiger charge is 2.16. The Morgan fingerprint density at radius 1 is 1.06 bits per heavy atom. The second-order valence-corrected chi connectivity index (χ2v) is 8.23. The highest BCUT2D eigenvalue weighted by Crippen LogP contribution is 2.34. The van der Waals surface area contributed by atoms with Crippen molar-refractivity contribution in [2.75, 3.05) is 24.4 Å². The molecule has 166 valence electrons. The minimum atomic E-state index is -1.02. The summed E-state index contributed by atoms with van der Waals surface area (Å²) in [4.78, 5) is 18.2. The smallest absolute Gasteiger partial charge is 0.337 e. The summed E-state index contributed by atoms with van der Waals surface area (Å²) >= 11 is 0. The van der Waals surface area contributed by atoms with E-state index < -0.39 is 5.97 Å². The number of aromatic carboxylic acids is 1. The van der Waals surface area contributed by atoms with E-state index >= 15 is 0 Å². The van der Waals surface area contributed by atoms with Gasteiger partial charge in [0.25, 0.3) is 0 Å². The molecule has 2 aromatic carbocycles. The molecule has 0 amide bonds.